The first kappa shape index (κ1) is 15.5. The lowest BCUT2D eigenvalue weighted by atomic mass is 9.75. The summed E-state index contributed by atoms with van der Waals surface area (Å²) in [5, 5.41) is 17.1. The van der Waals surface area contributed by atoms with Crippen LogP contribution in [0.1, 0.15) is 49.4 Å². The zero-order valence-corrected chi connectivity index (χ0v) is 13.2. The molecule has 1 aliphatic carbocycles. The molecule has 22 heavy (non-hydrogen) atoms. The first-order valence-corrected chi connectivity index (χ1v) is 8.37. The molecule has 3 rings (SSSR count). The SMILES string of the molecule is C[C@@]12C[C@H](CNC(=O)c3ccccc3)N[C@@H]1CCCC[C@@H]2O. The lowest BCUT2D eigenvalue weighted by Crippen LogP contribution is -2.43. The predicted molar refractivity (Wildman–Crippen MR) is 86.7 cm³/mol. The number of carbonyl (C=O) groups excluding carboxylic acids is 1. The summed E-state index contributed by atoms with van der Waals surface area (Å²) in [6, 6.07) is 9.92. The maximum Gasteiger partial charge on any atom is 0.251 e. The zero-order valence-electron chi connectivity index (χ0n) is 13.2. The maximum absolute atomic E-state index is 12.1. The second kappa shape index (κ2) is 6.39. The van der Waals surface area contributed by atoms with Crippen LogP contribution in [0.2, 0.25) is 0 Å². The molecule has 2 aliphatic rings. The molecule has 1 saturated heterocycles. The Morgan fingerprint density at radius 2 is 2.05 bits per heavy atom. The minimum atomic E-state index is -0.234. The highest BCUT2D eigenvalue weighted by Gasteiger charge is 2.48. The van der Waals surface area contributed by atoms with Crippen LogP contribution in [-0.2, 0) is 0 Å². The van der Waals surface area contributed by atoms with Gasteiger partial charge in [0.05, 0.1) is 6.10 Å². The second-order valence-electron chi connectivity index (χ2n) is 7.00. The van der Waals surface area contributed by atoms with Gasteiger partial charge in [-0.2, -0.15) is 0 Å². The van der Waals surface area contributed by atoms with E-state index in [0.717, 1.165) is 25.7 Å². The van der Waals surface area contributed by atoms with Gasteiger partial charge >= 0.3 is 0 Å². The number of benzene rings is 1. The fraction of sp³-hybridized carbons (Fsp3) is 0.611. The molecule has 4 atom stereocenters. The van der Waals surface area contributed by atoms with Crippen LogP contribution in [0.5, 0.6) is 0 Å². The Morgan fingerprint density at radius 1 is 1.32 bits per heavy atom. The van der Waals surface area contributed by atoms with E-state index in [-0.39, 0.29) is 23.5 Å². The molecule has 0 spiro atoms. The topological polar surface area (TPSA) is 61.4 Å². The van der Waals surface area contributed by atoms with Crippen molar-refractivity contribution in [3.63, 3.8) is 0 Å². The first-order valence-electron chi connectivity index (χ1n) is 8.37. The fourth-order valence-electron chi connectivity index (χ4n) is 4.04. The van der Waals surface area contributed by atoms with Crippen LogP contribution in [0, 0.1) is 5.41 Å². The molecule has 120 valence electrons. The summed E-state index contributed by atoms with van der Waals surface area (Å²) in [5.41, 5.74) is 0.638. The molecule has 1 amide bonds. The molecule has 1 heterocycles. The molecule has 0 bridgehead atoms. The minimum absolute atomic E-state index is 0.0276. The number of hydrogen-bond donors (Lipinski definition) is 3. The highest BCUT2D eigenvalue weighted by molar-refractivity contribution is 5.94. The van der Waals surface area contributed by atoms with Crippen molar-refractivity contribution in [3.8, 4) is 0 Å². The fourth-order valence-corrected chi connectivity index (χ4v) is 4.04. The largest absolute Gasteiger partial charge is 0.392 e. The standard InChI is InChI=1S/C18H26N2O2/c1-18-11-14(20-15(18)9-5-6-10-16(18)21)12-19-17(22)13-7-3-2-4-8-13/h2-4,7-8,14-16,20-21H,5-6,9-12H2,1H3,(H,19,22)/t14-,15-,16+,18-/m1/s1. The van der Waals surface area contributed by atoms with E-state index in [1.165, 1.54) is 6.42 Å². The van der Waals surface area contributed by atoms with E-state index in [4.69, 9.17) is 0 Å². The molecule has 3 N–H and O–H groups in total. The van der Waals surface area contributed by atoms with Crippen LogP contribution in [-0.4, -0.2) is 35.7 Å². The maximum atomic E-state index is 12.1. The van der Waals surface area contributed by atoms with Crippen molar-refractivity contribution in [2.45, 2.75) is 57.2 Å². The van der Waals surface area contributed by atoms with Gasteiger partial charge in [0.2, 0.25) is 0 Å². The second-order valence-corrected chi connectivity index (χ2v) is 7.00. The average molecular weight is 302 g/mol. The van der Waals surface area contributed by atoms with E-state index in [9.17, 15) is 9.90 Å². The van der Waals surface area contributed by atoms with Crippen LogP contribution < -0.4 is 10.6 Å². The lowest BCUT2D eigenvalue weighted by Gasteiger charge is -2.33. The van der Waals surface area contributed by atoms with E-state index in [0.29, 0.717) is 18.2 Å². The van der Waals surface area contributed by atoms with Gasteiger partial charge in [-0.25, -0.2) is 0 Å². The van der Waals surface area contributed by atoms with Gasteiger partial charge in [-0.05, 0) is 31.4 Å². The molecule has 0 radical (unpaired) electrons. The Hall–Kier alpha value is -1.39. The summed E-state index contributed by atoms with van der Waals surface area (Å²) in [6.07, 6.45) is 5.00. The summed E-state index contributed by atoms with van der Waals surface area (Å²) in [4.78, 5) is 12.1. The number of aliphatic hydroxyl groups excluding tert-OH is 1. The molecule has 1 aliphatic heterocycles. The van der Waals surface area contributed by atoms with Crippen molar-refractivity contribution in [2.75, 3.05) is 6.54 Å². The monoisotopic (exact) mass is 302 g/mol. The van der Waals surface area contributed by atoms with Crippen molar-refractivity contribution in [2.24, 2.45) is 5.41 Å². The average Bonchev–Trinajstić information content (AvgIpc) is 2.80. The van der Waals surface area contributed by atoms with Crippen molar-refractivity contribution in [1.29, 1.82) is 0 Å². The molecule has 0 unspecified atom stereocenters. The van der Waals surface area contributed by atoms with Gasteiger partial charge in [0.1, 0.15) is 0 Å². The molecule has 0 aromatic heterocycles. The minimum Gasteiger partial charge on any atom is -0.392 e. The van der Waals surface area contributed by atoms with Crippen molar-refractivity contribution >= 4 is 5.91 Å². The third-order valence-corrected chi connectivity index (χ3v) is 5.45. The quantitative estimate of drug-likeness (QED) is 0.801. The van der Waals surface area contributed by atoms with Gasteiger partial charge < -0.3 is 15.7 Å². The number of aliphatic hydroxyl groups is 1. The van der Waals surface area contributed by atoms with Gasteiger partial charge in [0.25, 0.3) is 5.91 Å². The summed E-state index contributed by atoms with van der Waals surface area (Å²) in [5.74, 6) is -0.0276. The first-order chi connectivity index (χ1) is 10.6. The van der Waals surface area contributed by atoms with Crippen LogP contribution in [0.4, 0.5) is 0 Å². The van der Waals surface area contributed by atoms with Gasteiger partial charge in [-0.1, -0.05) is 38.0 Å². The number of hydrogen-bond acceptors (Lipinski definition) is 3. The normalized spacial score (nSPS) is 34.7. The number of rotatable bonds is 3. The Bertz CT molecular complexity index is 519. The summed E-state index contributed by atoms with van der Waals surface area (Å²) < 4.78 is 0. The highest BCUT2D eigenvalue weighted by atomic mass is 16.3. The zero-order chi connectivity index (χ0) is 15.6. The molecule has 2 fully saturated rings. The molecule has 4 nitrogen and oxygen atoms in total. The Balaban J connectivity index is 1.58. The molecule has 4 heteroatoms. The molecule has 1 aromatic carbocycles. The molecular weight excluding hydrogens is 276 g/mol. The summed E-state index contributed by atoms with van der Waals surface area (Å²) >= 11 is 0. The summed E-state index contributed by atoms with van der Waals surface area (Å²) in [6.45, 7) is 2.81. The van der Waals surface area contributed by atoms with Crippen molar-refractivity contribution < 1.29 is 9.90 Å². The number of fused-ring (bicyclic) bond motifs is 1. The Labute approximate surface area is 132 Å². The van der Waals surface area contributed by atoms with E-state index < -0.39 is 0 Å². The molecular formula is C18H26N2O2. The number of nitrogens with one attached hydrogen (secondary N) is 2. The van der Waals surface area contributed by atoms with Crippen molar-refractivity contribution in [3.05, 3.63) is 35.9 Å². The lowest BCUT2D eigenvalue weighted by molar-refractivity contribution is 0.0281. The van der Waals surface area contributed by atoms with E-state index >= 15 is 0 Å². The van der Waals surface area contributed by atoms with Crippen molar-refractivity contribution in [1.82, 2.24) is 10.6 Å². The van der Waals surface area contributed by atoms with E-state index in [1.807, 2.05) is 30.3 Å². The number of amides is 1. The van der Waals surface area contributed by atoms with E-state index in [1.54, 1.807) is 0 Å². The van der Waals surface area contributed by atoms with Crippen LogP contribution >= 0.6 is 0 Å². The van der Waals surface area contributed by atoms with Gasteiger partial charge in [-0.15, -0.1) is 0 Å². The summed E-state index contributed by atoms with van der Waals surface area (Å²) in [7, 11) is 0. The third-order valence-electron chi connectivity index (χ3n) is 5.45. The Kier molecular flexibility index (Phi) is 4.50. The van der Waals surface area contributed by atoms with Gasteiger partial charge in [0, 0.05) is 29.6 Å². The molecule has 1 aromatic rings. The highest BCUT2D eigenvalue weighted by Crippen LogP contribution is 2.43. The number of carbonyl (C=O) groups is 1. The molecule has 1 saturated carbocycles. The smallest absolute Gasteiger partial charge is 0.251 e. The third kappa shape index (κ3) is 3.03. The van der Waals surface area contributed by atoms with Crippen LogP contribution in [0.15, 0.2) is 30.3 Å². The van der Waals surface area contributed by atoms with Gasteiger partial charge in [-0.3, -0.25) is 4.79 Å². The predicted octanol–water partition coefficient (Wildman–Crippen LogP) is 2.09. The van der Waals surface area contributed by atoms with Crippen LogP contribution in [0.3, 0.4) is 0 Å². The Morgan fingerprint density at radius 3 is 2.82 bits per heavy atom. The van der Waals surface area contributed by atoms with Crippen LogP contribution in [0.25, 0.3) is 0 Å². The van der Waals surface area contributed by atoms with Gasteiger partial charge in [0.15, 0.2) is 0 Å². The van der Waals surface area contributed by atoms with E-state index in [2.05, 4.69) is 17.6 Å².